The van der Waals surface area contributed by atoms with Crippen LogP contribution < -0.4 is 11.1 Å². The van der Waals surface area contributed by atoms with Gasteiger partial charge in [0, 0.05) is 11.2 Å². The van der Waals surface area contributed by atoms with Crippen molar-refractivity contribution >= 4 is 24.0 Å². The van der Waals surface area contributed by atoms with Crippen LogP contribution in [0.1, 0.15) is 43.7 Å². The molecule has 1 saturated carbocycles. The fraction of sp³-hybridized carbons (Fsp3) is 0.562. The maximum Gasteiger partial charge on any atom is 0.229 e. The third-order valence-corrected chi connectivity index (χ3v) is 4.21. The van der Waals surface area contributed by atoms with E-state index in [1.54, 1.807) is 0 Å². The van der Waals surface area contributed by atoms with Gasteiger partial charge >= 0.3 is 0 Å². The van der Waals surface area contributed by atoms with Crippen molar-refractivity contribution in [1.29, 1.82) is 0 Å². The number of halogens is 1. The fourth-order valence-corrected chi connectivity index (χ4v) is 2.96. The van der Waals surface area contributed by atoms with Gasteiger partial charge in [0.25, 0.3) is 0 Å². The highest BCUT2D eigenvalue weighted by Crippen LogP contribution is 2.32. The molecule has 2 rings (SSSR count). The molecule has 20 heavy (non-hydrogen) atoms. The van der Waals surface area contributed by atoms with Gasteiger partial charge in [0.15, 0.2) is 0 Å². The molecule has 0 aliphatic heterocycles. The standard InChI is InChI=1S/C16H24N2O.ClH/c1-11-7-8-14(12(2)10-11)18-15(19)13-6-4-5-9-16(13,3)17;/h7-8,10,13H,4-6,9,17H2,1-3H3,(H,18,19);1H. The summed E-state index contributed by atoms with van der Waals surface area (Å²) >= 11 is 0. The van der Waals surface area contributed by atoms with Crippen LogP contribution in [0.2, 0.25) is 0 Å². The molecule has 1 aromatic carbocycles. The minimum Gasteiger partial charge on any atom is -0.326 e. The number of anilines is 1. The summed E-state index contributed by atoms with van der Waals surface area (Å²) in [5.41, 5.74) is 9.11. The van der Waals surface area contributed by atoms with E-state index in [2.05, 4.69) is 18.3 Å². The Labute approximate surface area is 127 Å². The fourth-order valence-electron chi connectivity index (χ4n) is 2.96. The molecule has 2 atom stereocenters. The first kappa shape index (κ1) is 17.0. The summed E-state index contributed by atoms with van der Waals surface area (Å²) in [5.74, 6) is -0.0152. The zero-order valence-corrected chi connectivity index (χ0v) is 13.3. The van der Waals surface area contributed by atoms with Crippen LogP contribution in [0.5, 0.6) is 0 Å². The zero-order chi connectivity index (χ0) is 14.0. The maximum absolute atomic E-state index is 12.4. The van der Waals surface area contributed by atoms with Gasteiger partial charge in [0.2, 0.25) is 5.91 Å². The Morgan fingerprint density at radius 3 is 2.65 bits per heavy atom. The predicted octanol–water partition coefficient (Wildman–Crippen LogP) is 3.57. The Morgan fingerprint density at radius 1 is 1.35 bits per heavy atom. The van der Waals surface area contributed by atoms with Gasteiger partial charge in [-0.25, -0.2) is 0 Å². The molecule has 0 saturated heterocycles. The molecular formula is C16H25ClN2O. The summed E-state index contributed by atoms with van der Waals surface area (Å²) in [6.45, 7) is 6.07. The molecule has 0 aromatic heterocycles. The number of aryl methyl sites for hydroxylation is 2. The summed E-state index contributed by atoms with van der Waals surface area (Å²) in [7, 11) is 0. The lowest BCUT2D eigenvalue weighted by Gasteiger charge is -2.37. The highest BCUT2D eigenvalue weighted by atomic mass is 35.5. The Bertz CT molecular complexity index is 485. The largest absolute Gasteiger partial charge is 0.326 e. The quantitative estimate of drug-likeness (QED) is 0.876. The molecule has 0 spiro atoms. The summed E-state index contributed by atoms with van der Waals surface area (Å²) < 4.78 is 0. The average Bonchev–Trinajstić information content (AvgIpc) is 2.32. The summed E-state index contributed by atoms with van der Waals surface area (Å²) in [4.78, 5) is 12.4. The average molecular weight is 297 g/mol. The van der Waals surface area contributed by atoms with E-state index in [9.17, 15) is 4.79 Å². The zero-order valence-electron chi connectivity index (χ0n) is 12.5. The van der Waals surface area contributed by atoms with E-state index in [1.807, 2.05) is 26.0 Å². The lowest BCUT2D eigenvalue weighted by Crippen LogP contribution is -2.51. The second-order valence-electron chi connectivity index (χ2n) is 6.11. The van der Waals surface area contributed by atoms with E-state index in [4.69, 9.17) is 5.73 Å². The van der Waals surface area contributed by atoms with Gasteiger partial charge in [0.1, 0.15) is 0 Å². The number of hydrogen-bond acceptors (Lipinski definition) is 2. The third kappa shape index (κ3) is 3.74. The van der Waals surface area contributed by atoms with Crippen molar-refractivity contribution in [2.45, 2.75) is 52.0 Å². The highest BCUT2D eigenvalue weighted by Gasteiger charge is 2.37. The molecule has 3 nitrogen and oxygen atoms in total. The Morgan fingerprint density at radius 2 is 2.05 bits per heavy atom. The molecule has 1 amide bonds. The van der Waals surface area contributed by atoms with Gasteiger partial charge in [-0.2, -0.15) is 0 Å². The molecule has 1 aromatic rings. The molecular weight excluding hydrogens is 272 g/mol. The van der Waals surface area contributed by atoms with Crippen molar-refractivity contribution in [3.05, 3.63) is 29.3 Å². The molecule has 1 aliphatic carbocycles. The van der Waals surface area contributed by atoms with Crippen LogP contribution in [0.3, 0.4) is 0 Å². The number of nitrogens with one attached hydrogen (secondary N) is 1. The van der Waals surface area contributed by atoms with E-state index in [0.717, 1.165) is 36.9 Å². The second-order valence-corrected chi connectivity index (χ2v) is 6.11. The lowest BCUT2D eigenvalue weighted by molar-refractivity contribution is -0.122. The van der Waals surface area contributed by atoms with Crippen molar-refractivity contribution in [3.63, 3.8) is 0 Å². The molecule has 1 fully saturated rings. The number of benzene rings is 1. The van der Waals surface area contributed by atoms with Crippen molar-refractivity contribution in [2.75, 3.05) is 5.32 Å². The van der Waals surface area contributed by atoms with Crippen LogP contribution in [0.15, 0.2) is 18.2 Å². The smallest absolute Gasteiger partial charge is 0.229 e. The van der Waals surface area contributed by atoms with Gasteiger partial charge in [0.05, 0.1) is 5.92 Å². The minimum absolute atomic E-state index is 0. The molecule has 0 radical (unpaired) electrons. The predicted molar refractivity (Wildman–Crippen MR) is 86.3 cm³/mol. The Hall–Kier alpha value is -1.06. The topological polar surface area (TPSA) is 55.1 Å². The van der Waals surface area contributed by atoms with Gasteiger partial charge in [-0.1, -0.05) is 30.5 Å². The first-order chi connectivity index (χ1) is 8.90. The summed E-state index contributed by atoms with van der Waals surface area (Å²) in [6, 6.07) is 6.07. The first-order valence-corrected chi connectivity index (χ1v) is 7.07. The Balaban J connectivity index is 0.00000200. The van der Waals surface area contributed by atoms with Crippen LogP contribution in [-0.4, -0.2) is 11.4 Å². The molecule has 4 heteroatoms. The molecule has 112 valence electrons. The normalized spacial score (nSPS) is 25.7. The van der Waals surface area contributed by atoms with Crippen LogP contribution in [0.25, 0.3) is 0 Å². The molecule has 0 heterocycles. The molecule has 1 aliphatic rings. The SMILES string of the molecule is Cc1ccc(NC(=O)C2CCCCC2(C)N)c(C)c1.Cl. The van der Waals surface area contributed by atoms with E-state index in [0.29, 0.717) is 0 Å². The Kier molecular flexibility index (Phi) is 5.60. The van der Waals surface area contributed by atoms with Crippen LogP contribution in [0.4, 0.5) is 5.69 Å². The number of nitrogens with two attached hydrogens (primary N) is 1. The van der Waals surface area contributed by atoms with Crippen molar-refractivity contribution < 1.29 is 4.79 Å². The number of amides is 1. The molecule has 3 N–H and O–H groups in total. The van der Waals surface area contributed by atoms with Gasteiger partial charge in [-0.05, 0) is 45.2 Å². The van der Waals surface area contributed by atoms with Gasteiger partial charge in [-0.15, -0.1) is 12.4 Å². The summed E-state index contributed by atoms with van der Waals surface area (Å²) in [6.07, 6.45) is 4.04. The number of carbonyl (C=O) groups excluding carboxylic acids is 1. The molecule has 0 bridgehead atoms. The van der Waals surface area contributed by atoms with Crippen LogP contribution in [-0.2, 0) is 4.79 Å². The van der Waals surface area contributed by atoms with Crippen molar-refractivity contribution in [2.24, 2.45) is 11.7 Å². The van der Waals surface area contributed by atoms with Crippen molar-refractivity contribution in [1.82, 2.24) is 0 Å². The van der Waals surface area contributed by atoms with E-state index in [1.165, 1.54) is 5.56 Å². The number of hydrogen-bond donors (Lipinski definition) is 2. The monoisotopic (exact) mass is 296 g/mol. The van der Waals surface area contributed by atoms with Gasteiger partial charge < -0.3 is 11.1 Å². The lowest BCUT2D eigenvalue weighted by atomic mass is 9.74. The second kappa shape index (κ2) is 6.59. The van der Waals surface area contributed by atoms with E-state index >= 15 is 0 Å². The highest BCUT2D eigenvalue weighted by molar-refractivity contribution is 5.94. The first-order valence-electron chi connectivity index (χ1n) is 7.07. The minimum atomic E-state index is -0.374. The summed E-state index contributed by atoms with van der Waals surface area (Å²) in [5, 5.41) is 3.04. The van der Waals surface area contributed by atoms with E-state index < -0.39 is 0 Å². The molecule has 2 unspecified atom stereocenters. The van der Waals surface area contributed by atoms with E-state index in [-0.39, 0.29) is 29.8 Å². The van der Waals surface area contributed by atoms with Gasteiger partial charge in [-0.3, -0.25) is 4.79 Å². The number of rotatable bonds is 2. The van der Waals surface area contributed by atoms with Crippen LogP contribution >= 0.6 is 12.4 Å². The van der Waals surface area contributed by atoms with Crippen molar-refractivity contribution in [3.8, 4) is 0 Å². The third-order valence-electron chi connectivity index (χ3n) is 4.21. The maximum atomic E-state index is 12.4. The van der Waals surface area contributed by atoms with Crippen LogP contribution in [0, 0.1) is 19.8 Å². The number of carbonyl (C=O) groups is 1.